The maximum Gasteiger partial charge on any atom is 0.170 e. The summed E-state index contributed by atoms with van der Waals surface area (Å²) in [5.41, 5.74) is 0.795. The lowest BCUT2D eigenvalue weighted by molar-refractivity contribution is 0.599. The molecule has 0 spiro atoms. The Labute approximate surface area is 118 Å². The Hall–Kier alpha value is -0.510. The summed E-state index contributed by atoms with van der Waals surface area (Å²) in [6, 6.07) is 5.61. The van der Waals surface area contributed by atoms with E-state index in [0.29, 0.717) is 21.2 Å². The monoisotopic (exact) mass is 290 g/mol. The molecule has 0 aromatic heterocycles. The number of halogens is 2. The second-order valence-corrected chi connectivity index (χ2v) is 5.23. The number of benzene rings is 1. The van der Waals surface area contributed by atoms with E-state index >= 15 is 0 Å². The summed E-state index contributed by atoms with van der Waals surface area (Å²) in [6.07, 6.45) is 2.21. The van der Waals surface area contributed by atoms with Crippen LogP contribution in [0.5, 0.6) is 0 Å². The van der Waals surface area contributed by atoms with Crippen LogP contribution in [0.2, 0.25) is 10.0 Å². The molecule has 0 aliphatic heterocycles. The molecule has 0 saturated heterocycles. The normalized spacial score (nSPS) is 12.0. The van der Waals surface area contributed by atoms with Gasteiger partial charge in [0.2, 0.25) is 0 Å². The molecular weight excluding hydrogens is 275 g/mol. The SMILES string of the molecule is CCCC(C)NC(=S)Nc1cc(Cl)cc(Cl)c1. The fourth-order valence-corrected chi connectivity index (χ4v) is 2.37. The van der Waals surface area contributed by atoms with E-state index < -0.39 is 0 Å². The summed E-state index contributed by atoms with van der Waals surface area (Å²) in [7, 11) is 0. The smallest absolute Gasteiger partial charge is 0.170 e. The maximum atomic E-state index is 5.90. The van der Waals surface area contributed by atoms with E-state index in [2.05, 4.69) is 24.5 Å². The molecule has 0 heterocycles. The van der Waals surface area contributed by atoms with Crippen LogP contribution in [0, 0.1) is 0 Å². The molecule has 1 unspecified atom stereocenters. The van der Waals surface area contributed by atoms with Gasteiger partial charge >= 0.3 is 0 Å². The number of thiocarbonyl (C=S) groups is 1. The Morgan fingerprint density at radius 1 is 1.29 bits per heavy atom. The van der Waals surface area contributed by atoms with Crippen LogP contribution >= 0.6 is 35.4 Å². The highest BCUT2D eigenvalue weighted by molar-refractivity contribution is 7.80. The molecule has 5 heteroatoms. The maximum absolute atomic E-state index is 5.90. The standard InChI is InChI=1S/C12H16Cl2N2S/c1-3-4-8(2)15-12(17)16-11-6-9(13)5-10(14)7-11/h5-8H,3-4H2,1-2H3,(H2,15,16,17). The third kappa shape index (κ3) is 5.57. The van der Waals surface area contributed by atoms with Gasteiger partial charge in [0.15, 0.2) is 5.11 Å². The lowest BCUT2D eigenvalue weighted by Gasteiger charge is -2.16. The lowest BCUT2D eigenvalue weighted by Crippen LogP contribution is -2.35. The van der Waals surface area contributed by atoms with Gasteiger partial charge in [0, 0.05) is 21.8 Å². The number of hydrogen-bond donors (Lipinski definition) is 2. The topological polar surface area (TPSA) is 24.1 Å². The zero-order chi connectivity index (χ0) is 12.8. The van der Waals surface area contributed by atoms with E-state index in [-0.39, 0.29) is 0 Å². The van der Waals surface area contributed by atoms with Crippen LogP contribution in [-0.4, -0.2) is 11.2 Å². The van der Waals surface area contributed by atoms with E-state index in [0.717, 1.165) is 18.5 Å². The summed E-state index contributed by atoms with van der Waals surface area (Å²) >= 11 is 17.0. The van der Waals surface area contributed by atoms with Crippen LogP contribution in [0.3, 0.4) is 0 Å². The highest BCUT2D eigenvalue weighted by Crippen LogP contribution is 2.22. The third-order valence-corrected chi connectivity index (χ3v) is 2.88. The molecule has 2 nitrogen and oxygen atoms in total. The first-order chi connectivity index (χ1) is 8.01. The molecule has 0 aliphatic carbocycles. The van der Waals surface area contributed by atoms with Crippen LogP contribution in [0.1, 0.15) is 26.7 Å². The highest BCUT2D eigenvalue weighted by atomic mass is 35.5. The molecule has 1 atom stereocenters. The largest absolute Gasteiger partial charge is 0.360 e. The van der Waals surface area contributed by atoms with Gasteiger partial charge in [-0.05, 0) is 43.8 Å². The molecule has 0 saturated carbocycles. The summed E-state index contributed by atoms with van der Waals surface area (Å²) in [5.74, 6) is 0. The van der Waals surface area contributed by atoms with Crippen molar-refractivity contribution in [2.45, 2.75) is 32.7 Å². The Morgan fingerprint density at radius 3 is 2.41 bits per heavy atom. The summed E-state index contributed by atoms with van der Waals surface area (Å²) in [4.78, 5) is 0. The van der Waals surface area contributed by atoms with Gasteiger partial charge in [0.1, 0.15) is 0 Å². The minimum absolute atomic E-state index is 0.356. The summed E-state index contributed by atoms with van der Waals surface area (Å²) in [5, 5.41) is 8.03. The van der Waals surface area contributed by atoms with Crippen molar-refractivity contribution in [3.63, 3.8) is 0 Å². The van der Waals surface area contributed by atoms with E-state index in [9.17, 15) is 0 Å². The quantitative estimate of drug-likeness (QED) is 0.800. The first-order valence-corrected chi connectivity index (χ1v) is 6.71. The van der Waals surface area contributed by atoms with Crippen LogP contribution in [0.25, 0.3) is 0 Å². The highest BCUT2D eigenvalue weighted by Gasteiger charge is 2.04. The van der Waals surface area contributed by atoms with Crippen LogP contribution in [0.4, 0.5) is 5.69 Å². The molecule has 0 fully saturated rings. The van der Waals surface area contributed by atoms with Gasteiger partial charge < -0.3 is 10.6 Å². The van der Waals surface area contributed by atoms with Gasteiger partial charge in [-0.1, -0.05) is 36.5 Å². The molecule has 94 valence electrons. The summed E-state index contributed by atoms with van der Waals surface area (Å²) in [6.45, 7) is 4.24. The van der Waals surface area contributed by atoms with Gasteiger partial charge in [-0.3, -0.25) is 0 Å². The fraction of sp³-hybridized carbons (Fsp3) is 0.417. The average Bonchev–Trinajstić information content (AvgIpc) is 2.14. The first-order valence-electron chi connectivity index (χ1n) is 5.55. The van der Waals surface area contributed by atoms with E-state index in [1.54, 1.807) is 18.2 Å². The molecule has 0 radical (unpaired) electrons. The number of anilines is 1. The van der Waals surface area contributed by atoms with Crippen molar-refractivity contribution in [2.24, 2.45) is 0 Å². The number of hydrogen-bond acceptors (Lipinski definition) is 1. The lowest BCUT2D eigenvalue weighted by atomic mass is 10.2. The molecule has 1 aromatic carbocycles. The van der Waals surface area contributed by atoms with Crippen molar-refractivity contribution in [3.05, 3.63) is 28.2 Å². The van der Waals surface area contributed by atoms with Crippen molar-refractivity contribution in [1.29, 1.82) is 0 Å². The average molecular weight is 291 g/mol. The van der Waals surface area contributed by atoms with Crippen LogP contribution in [0.15, 0.2) is 18.2 Å². The Bertz CT molecular complexity index is 376. The van der Waals surface area contributed by atoms with Crippen molar-refractivity contribution < 1.29 is 0 Å². The number of nitrogens with one attached hydrogen (secondary N) is 2. The van der Waals surface area contributed by atoms with E-state index in [1.807, 2.05) is 0 Å². The molecule has 17 heavy (non-hydrogen) atoms. The Kier molecular flexibility index (Phi) is 6.03. The Balaban J connectivity index is 2.56. The van der Waals surface area contributed by atoms with Gasteiger partial charge in [0.25, 0.3) is 0 Å². The van der Waals surface area contributed by atoms with Crippen molar-refractivity contribution >= 4 is 46.2 Å². The second kappa shape index (κ2) is 7.04. The third-order valence-electron chi connectivity index (χ3n) is 2.22. The molecule has 1 rings (SSSR count). The van der Waals surface area contributed by atoms with Crippen LogP contribution in [-0.2, 0) is 0 Å². The van der Waals surface area contributed by atoms with Crippen molar-refractivity contribution in [3.8, 4) is 0 Å². The molecule has 0 bridgehead atoms. The predicted octanol–water partition coefficient (Wildman–Crippen LogP) is 4.47. The predicted molar refractivity (Wildman–Crippen MR) is 80.2 cm³/mol. The second-order valence-electron chi connectivity index (χ2n) is 3.95. The minimum atomic E-state index is 0.356. The molecular formula is C12H16Cl2N2S. The minimum Gasteiger partial charge on any atom is -0.360 e. The number of rotatable bonds is 4. The van der Waals surface area contributed by atoms with Gasteiger partial charge in [-0.25, -0.2) is 0 Å². The molecule has 0 aliphatic rings. The molecule has 0 amide bonds. The fourth-order valence-electron chi connectivity index (χ4n) is 1.52. The first kappa shape index (κ1) is 14.6. The molecule has 2 N–H and O–H groups in total. The van der Waals surface area contributed by atoms with Crippen LogP contribution < -0.4 is 10.6 Å². The summed E-state index contributed by atoms with van der Waals surface area (Å²) < 4.78 is 0. The zero-order valence-electron chi connectivity index (χ0n) is 9.89. The van der Waals surface area contributed by atoms with Crippen molar-refractivity contribution in [2.75, 3.05) is 5.32 Å². The van der Waals surface area contributed by atoms with Crippen molar-refractivity contribution in [1.82, 2.24) is 5.32 Å². The zero-order valence-corrected chi connectivity index (χ0v) is 12.2. The van der Waals surface area contributed by atoms with E-state index in [1.165, 1.54) is 0 Å². The van der Waals surface area contributed by atoms with Gasteiger partial charge in [-0.15, -0.1) is 0 Å². The van der Waals surface area contributed by atoms with Gasteiger partial charge in [0.05, 0.1) is 0 Å². The van der Waals surface area contributed by atoms with E-state index in [4.69, 9.17) is 35.4 Å². The Morgan fingerprint density at radius 2 is 1.88 bits per heavy atom. The van der Waals surface area contributed by atoms with Gasteiger partial charge in [-0.2, -0.15) is 0 Å². The molecule has 1 aromatic rings.